The van der Waals surface area contributed by atoms with E-state index in [1.54, 1.807) is 14.2 Å². The van der Waals surface area contributed by atoms with E-state index >= 15 is 0 Å². The molecule has 1 aliphatic rings. The highest BCUT2D eigenvalue weighted by molar-refractivity contribution is 5.99. The molecule has 3 aromatic rings. The molecule has 0 bridgehead atoms. The number of carbonyl (C=O) groups excluding carboxylic acids is 1. The van der Waals surface area contributed by atoms with Gasteiger partial charge in [0.15, 0.2) is 11.5 Å². The van der Waals surface area contributed by atoms with Crippen LogP contribution in [0.1, 0.15) is 32.7 Å². The van der Waals surface area contributed by atoms with Crippen LogP contribution in [0.2, 0.25) is 0 Å². The molecule has 1 amide bonds. The van der Waals surface area contributed by atoms with Gasteiger partial charge in [0.1, 0.15) is 0 Å². The van der Waals surface area contributed by atoms with Crippen molar-refractivity contribution < 1.29 is 14.3 Å². The topological polar surface area (TPSA) is 66.6 Å². The Labute approximate surface area is 177 Å². The smallest absolute Gasteiger partial charge is 0.251 e. The standard InChI is InChI=1S/C24H29N3O3/c1-15-16(2)26-21-6-5-18(11-20(15)21)24(28)25-8-10-27-9-7-17-12-22(29-3)23(30-4)13-19(17)14-27/h5-6,11-13,26H,7-10,14H2,1-4H3,(H,25,28). The first-order valence-electron chi connectivity index (χ1n) is 10.3. The molecule has 0 atom stereocenters. The average molecular weight is 408 g/mol. The van der Waals surface area contributed by atoms with E-state index in [9.17, 15) is 4.79 Å². The number of methoxy groups -OCH3 is 2. The molecule has 0 radical (unpaired) electrons. The monoisotopic (exact) mass is 407 g/mol. The van der Waals surface area contributed by atoms with Crippen LogP contribution in [0.25, 0.3) is 10.9 Å². The molecule has 0 aliphatic carbocycles. The van der Waals surface area contributed by atoms with E-state index in [1.807, 2.05) is 18.2 Å². The lowest BCUT2D eigenvalue weighted by molar-refractivity contribution is 0.0947. The fourth-order valence-electron chi connectivity index (χ4n) is 4.16. The Morgan fingerprint density at radius 3 is 2.57 bits per heavy atom. The number of benzene rings is 2. The first-order chi connectivity index (χ1) is 14.5. The minimum absolute atomic E-state index is 0.0287. The first-order valence-corrected chi connectivity index (χ1v) is 10.3. The number of H-pyrrole nitrogens is 1. The molecule has 30 heavy (non-hydrogen) atoms. The number of hydrogen-bond donors (Lipinski definition) is 2. The van der Waals surface area contributed by atoms with E-state index in [0.717, 1.165) is 54.2 Å². The molecule has 0 saturated heterocycles. The van der Waals surface area contributed by atoms with Crippen molar-refractivity contribution in [3.05, 3.63) is 58.3 Å². The minimum atomic E-state index is -0.0287. The van der Waals surface area contributed by atoms with Crippen LogP contribution in [-0.4, -0.2) is 49.6 Å². The van der Waals surface area contributed by atoms with Crippen LogP contribution in [0.4, 0.5) is 0 Å². The number of aryl methyl sites for hydroxylation is 2. The van der Waals surface area contributed by atoms with Crippen molar-refractivity contribution in [2.45, 2.75) is 26.8 Å². The lowest BCUT2D eigenvalue weighted by Gasteiger charge is -2.29. The third-order valence-corrected chi connectivity index (χ3v) is 6.08. The maximum absolute atomic E-state index is 12.6. The molecule has 6 nitrogen and oxygen atoms in total. The third-order valence-electron chi connectivity index (χ3n) is 6.08. The van der Waals surface area contributed by atoms with Gasteiger partial charge in [-0.15, -0.1) is 0 Å². The van der Waals surface area contributed by atoms with Crippen LogP contribution >= 0.6 is 0 Å². The molecule has 2 N–H and O–H groups in total. The summed E-state index contributed by atoms with van der Waals surface area (Å²) in [6.07, 6.45) is 0.965. The van der Waals surface area contributed by atoms with Gasteiger partial charge in [-0.3, -0.25) is 9.69 Å². The van der Waals surface area contributed by atoms with Gasteiger partial charge < -0.3 is 19.8 Å². The Balaban J connectivity index is 1.36. The van der Waals surface area contributed by atoms with E-state index in [2.05, 4.69) is 41.2 Å². The van der Waals surface area contributed by atoms with Gasteiger partial charge in [0.25, 0.3) is 5.91 Å². The number of nitrogens with zero attached hydrogens (tertiary/aromatic N) is 1. The molecule has 4 rings (SSSR count). The fourth-order valence-corrected chi connectivity index (χ4v) is 4.16. The Morgan fingerprint density at radius 2 is 1.83 bits per heavy atom. The van der Waals surface area contributed by atoms with E-state index < -0.39 is 0 Å². The van der Waals surface area contributed by atoms with Crippen LogP contribution in [0.5, 0.6) is 11.5 Å². The molecule has 2 aromatic carbocycles. The summed E-state index contributed by atoms with van der Waals surface area (Å²) >= 11 is 0. The van der Waals surface area contributed by atoms with Gasteiger partial charge >= 0.3 is 0 Å². The zero-order valence-electron chi connectivity index (χ0n) is 18.1. The number of hydrogen-bond acceptors (Lipinski definition) is 4. The molecule has 0 fully saturated rings. The molecule has 0 spiro atoms. The third kappa shape index (κ3) is 3.87. The molecule has 0 saturated carbocycles. The summed E-state index contributed by atoms with van der Waals surface area (Å²) in [5, 5.41) is 4.17. The van der Waals surface area contributed by atoms with Crippen molar-refractivity contribution in [3.63, 3.8) is 0 Å². The second-order valence-corrected chi connectivity index (χ2v) is 7.89. The highest BCUT2D eigenvalue weighted by atomic mass is 16.5. The van der Waals surface area contributed by atoms with E-state index in [4.69, 9.17) is 9.47 Å². The molecule has 0 unspecified atom stereocenters. The number of aromatic amines is 1. The minimum Gasteiger partial charge on any atom is -0.493 e. The van der Waals surface area contributed by atoms with Gasteiger partial charge in [-0.05, 0) is 67.3 Å². The van der Waals surface area contributed by atoms with Crippen LogP contribution in [0.15, 0.2) is 30.3 Å². The Bertz CT molecular complexity index is 1090. The lowest BCUT2D eigenvalue weighted by Crippen LogP contribution is -2.37. The van der Waals surface area contributed by atoms with Crippen molar-refractivity contribution in [3.8, 4) is 11.5 Å². The van der Waals surface area contributed by atoms with Gasteiger partial charge in [-0.1, -0.05) is 0 Å². The number of rotatable bonds is 6. The van der Waals surface area contributed by atoms with E-state index in [1.165, 1.54) is 16.7 Å². The van der Waals surface area contributed by atoms with E-state index in [-0.39, 0.29) is 5.91 Å². The predicted molar refractivity (Wildman–Crippen MR) is 119 cm³/mol. The second-order valence-electron chi connectivity index (χ2n) is 7.89. The predicted octanol–water partition coefficient (Wildman–Crippen LogP) is 3.59. The highest BCUT2D eigenvalue weighted by Gasteiger charge is 2.19. The molecular weight excluding hydrogens is 378 g/mol. The molecule has 158 valence electrons. The number of amides is 1. The number of fused-ring (bicyclic) bond motifs is 2. The number of aromatic nitrogens is 1. The summed E-state index contributed by atoms with van der Waals surface area (Å²) in [6, 6.07) is 9.97. The SMILES string of the molecule is COc1cc2c(cc1OC)CN(CCNC(=O)c1ccc3[nH]c(C)c(C)c3c1)CC2. The summed E-state index contributed by atoms with van der Waals surface area (Å²) in [4.78, 5) is 18.3. The summed E-state index contributed by atoms with van der Waals surface area (Å²) in [5.41, 5.74) is 6.67. The van der Waals surface area contributed by atoms with Gasteiger partial charge in [-0.25, -0.2) is 0 Å². The van der Waals surface area contributed by atoms with Crippen molar-refractivity contribution in [1.82, 2.24) is 15.2 Å². The molecule has 1 aromatic heterocycles. The number of ether oxygens (including phenoxy) is 2. The summed E-state index contributed by atoms with van der Waals surface area (Å²) in [6.45, 7) is 7.37. The highest BCUT2D eigenvalue weighted by Crippen LogP contribution is 2.33. The summed E-state index contributed by atoms with van der Waals surface area (Å²) in [5.74, 6) is 1.51. The Morgan fingerprint density at radius 1 is 1.10 bits per heavy atom. The molecule has 1 aliphatic heterocycles. The van der Waals surface area contributed by atoms with Crippen molar-refractivity contribution in [1.29, 1.82) is 0 Å². The van der Waals surface area contributed by atoms with Gasteiger partial charge in [0.05, 0.1) is 14.2 Å². The first kappa shape index (κ1) is 20.3. The lowest BCUT2D eigenvalue weighted by atomic mass is 9.99. The Kier molecular flexibility index (Phi) is 5.68. The molecular formula is C24H29N3O3. The zero-order chi connectivity index (χ0) is 21.3. The quantitative estimate of drug-likeness (QED) is 0.655. The zero-order valence-corrected chi connectivity index (χ0v) is 18.1. The van der Waals surface area contributed by atoms with Crippen LogP contribution in [0, 0.1) is 13.8 Å². The summed E-state index contributed by atoms with van der Waals surface area (Å²) < 4.78 is 10.8. The molecule has 2 heterocycles. The van der Waals surface area contributed by atoms with Crippen LogP contribution < -0.4 is 14.8 Å². The summed E-state index contributed by atoms with van der Waals surface area (Å²) in [7, 11) is 3.33. The van der Waals surface area contributed by atoms with Gasteiger partial charge in [0, 0.05) is 48.3 Å². The largest absolute Gasteiger partial charge is 0.493 e. The van der Waals surface area contributed by atoms with Gasteiger partial charge in [0.2, 0.25) is 0 Å². The van der Waals surface area contributed by atoms with Crippen molar-refractivity contribution >= 4 is 16.8 Å². The van der Waals surface area contributed by atoms with Crippen LogP contribution in [-0.2, 0) is 13.0 Å². The number of carbonyl (C=O) groups is 1. The van der Waals surface area contributed by atoms with E-state index in [0.29, 0.717) is 12.1 Å². The van der Waals surface area contributed by atoms with Crippen molar-refractivity contribution in [2.75, 3.05) is 33.9 Å². The normalized spacial score (nSPS) is 13.9. The maximum atomic E-state index is 12.6. The van der Waals surface area contributed by atoms with Gasteiger partial charge in [-0.2, -0.15) is 0 Å². The second kappa shape index (κ2) is 8.40. The average Bonchev–Trinajstić information content (AvgIpc) is 3.05. The molecule has 6 heteroatoms. The maximum Gasteiger partial charge on any atom is 0.251 e. The Hall–Kier alpha value is -2.99. The van der Waals surface area contributed by atoms with Crippen molar-refractivity contribution in [2.24, 2.45) is 0 Å². The van der Waals surface area contributed by atoms with Crippen LogP contribution in [0.3, 0.4) is 0 Å². The fraction of sp³-hybridized carbons (Fsp3) is 0.375. The number of nitrogens with one attached hydrogen (secondary N) is 2.